The number of piperidine rings is 1. The second kappa shape index (κ2) is 10.2. The van der Waals surface area contributed by atoms with Gasteiger partial charge >= 0.3 is 0 Å². The predicted octanol–water partition coefficient (Wildman–Crippen LogP) is 3.25. The first-order valence-corrected chi connectivity index (χ1v) is 12.4. The Bertz CT molecular complexity index is 970. The van der Waals surface area contributed by atoms with Crippen LogP contribution in [0.5, 0.6) is 0 Å². The van der Waals surface area contributed by atoms with Crippen LogP contribution in [-0.4, -0.2) is 52.2 Å². The molecule has 6 nitrogen and oxygen atoms in total. The number of carbonyl (C=O) groups is 1. The van der Waals surface area contributed by atoms with Crippen molar-refractivity contribution in [2.75, 3.05) is 37.2 Å². The van der Waals surface area contributed by atoms with Crippen LogP contribution >= 0.6 is 0 Å². The van der Waals surface area contributed by atoms with Crippen molar-refractivity contribution in [1.82, 2.24) is 10.2 Å². The van der Waals surface area contributed by atoms with Crippen LogP contribution in [0.2, 0.25) is 0 Å². The van der Waals surface area contributed by atoms with Crippen molar-refractivity contribution in [3.63, 3.8) is 0 Å². The number of likely N-dealkylation sites (tertiary alicyclic amines) is 1. The van der Waals surface area contributed by atoms with Crippen molar-refractivity contribution in [1.29, 1.82) is 0 Å². The van der Waals surface area contributed by atoms with Crippen LogP contribution in [0.1, 0.15) is 35.2 Å². The summed E-state index contributed by atoms with van der Waals surface area (Å²) < 4.78 is 39.0. The SMILES string of the molecule is CN1CCC(CCNC(=O)c2ccc(N(Cc3ccc(F)cc3)S(C)(=O)=O)cc2)CC1. The zero-order valence-electron chi connectivity index (χ0n) is 18.1. The Morgan fingerprint density at radius 3 is 2.29 bits per heavy atom. The monoisotopic (exact) mass is 447 g/mol. The van der Waals surface area contributed by atoms with Crippen molar-refractivity contribution in [3.05, 3.63) is 65.5 Å². The fourth-order valence-electron chi connectivity index (χ4n) is 3.78. The summed E-state index contributed by atoms with van der Waals surface area (Å²) in [6, 6.07) is 12.2. The van der Waals surface area contributed by atoms with Gasteiger partial charge in [0.2, 0.25) is 10.0 Å². The van der Waals surface area contributed by atoms with Gasteiger partial charge < -0.3 is 10.2 Å². The van der Waals surface area contributed by atoms with Gasteiger partial charge in [0.1, 0.15) is 5.82 Å². The maximum atomic E-state index is 13.1. The number of benzene rings is 2. The molecule has 0 bridgehead atoms. The van der Waals surface area contributed by atoms with Gasteiger partial charge in [-0.05, 0) is 87.3 Å². The lowest BCUT2D eigenvalue weighted by molar-refractivity contribution is 0.0949. The van der Waals surface area contributed by atoms with Crippen molar-refractivity contribution in [3.8, 4) is 0 Å². The standard InChI is InChI=1S/C23H30FN3O3S/c1-26-15-12-18(13-16-26)11-14-25-23(28)20-5-9-22(10-6-20)27(31(2,29)30)17-19-3-7-21(24)8-4-19/h3-10,18H,11-17H2,1-2H3,(H,25,28). The Morgan fingerprint density at radius 1 is 1.10 bits per heavy atom. The van der Waals surface area contributed by atoms with Crippen molar-refractivity contribution < 1.29 is 17.6 Å². The minimum Gasteiger partial charge on any atom is -0.352 e. The number of halogens is 1. The van der Waals surface area contributed by atoms with Gasteiger partial charge in [-0.25, -0.2) is 12.8 Å². The number of anilines is 1. The van der Waals surface area contributed by atoms with E-state index in [4.69, 9.17) is 0 Å². The summed E-state index contributed by atoms with van der Waals surface area (Å²) in [5.74, 6) is 0.110. The molecule has 1 saturated heterocycles. The Morgan fingerprint density at radius 2 is 1.71 bits per heavy atom. The maximum absolute atomic E-state index is 13.1. The predicted molar refractivity (Wildman–Crippen MR) is 121 cm³/mol. The fourth-order valence-corrected chi connectivity index (χ4v) is 4.67. The molecule has 1 heterocycles. The molecule has 8 heteroatoms. The molecule has 0 aliphatic carbocycles. The fraction of sp³-hybridized carbons (Fsp3) is 0.435. The number of carbonyl (C=O) groups excluding carboxylic acids is 1. The lowest BCUT2D eigenvalue weighted by Gasteiger charge is -2.28. The largest absolute Gasteiger partial charge is 0.352 e. The molecule has 2 aromatic carbocycles. The molecule has 0 atom stereocenters. The van der Waals surface area contributed by atoms with E-state index in [1.54, 1.807) is 36.4 Å². The topological polar surface area (TPSA) is 69.7 Å². The zero-order valence-corrected chi connectivity index (χ0v) is 18.9. The lowest BCUT2D eigenvalue weighted by atomic mass is 9.94. The molecule has 3 rings (SSSR count). The van der Waals surface area contributed by atoms with E-state index >= 15 is 0 Å². The average molecular weight is 448 g/mol. The van der Waals surface area contributed by atoms with Crippen LogP contribution in [0.15, 0.2) is 48.5 Å². The molecule has 31 heavy (non-hydrogen) atoms. The zero-order chi connectivity index (χ0) is 22.4. The minimum atomic E-state index is -3.55. The molecule has 0 spiro atoms. The number of hydrogen-bond acceptors (Lipinski definition) is 4. The van der Waals surface area contributed by atoms with E-state index in [0.29, 0.717) is 29.3 Å². The van der Waals surface area contributed by atoms with Crippen LogP contribution in [0.25, 0.3) is 0 Å². The van der Waals surface area contributed by atoms with Crippen LogP contribution < -0.4 is 9.62 Å². The first kappa shape index (κ1) is 23.2. The summed E-state index contributed by atoms with van der Waals surface area (Å²) in [5.41, 5.74) is 1.61. The second-order valence-corrected chi connectivity index (χ2v) is 10.1. The highest BCUT2D eigenvalue weighted by molar-refractivity contribution is 7.92. The van der Waals surface area contributed by atoms with Crippen LogP contribution in [-0.2, 0) is 16.6 Å². The number of sulfonamides is 1. The summed E-state index contributed by atoms with van der Waals surface area (Å²) in [7, 11) is -1.42. The van der Waals surface area contributed by atoms with Crippen LogP contribution in [0.4, 0.5) is 10.1 Å². The van der Waals surface area contributed by atoms with Gasteiger partial charge in [-0.1, -0.05) is 12.1 Å². The third kappa shape index (κ3) is 6.77. The minimum absolute atomic E-state index is 0.0846. The summed E-state index contributed by atoms with van der Waals surface area (Å²) in [6.45, 7) is 2.93. The number of hydrogen-bond donors (Lipinski definition) is 1. The van der Waals surface area contributed by atoms with Crippen LogP contribution in [0.3, 0.4) is 0 Å². The van der Waals surface area contributed by atoms with E-state index in [2.05, 4.69) is 17.3 Å². The van der Waals surface area contributed by atoms with Gasteiger partial charge in [0.15, 0.2) is 0 Å². The summed E-state index contributed by atoms with van der Waals surface area (Å²) in [6.07, 6.45) is 4.42. The summed E-state index contributed by atoms with van der Waals surface area (Å²) >= 11 is 0. The smallest absolute Gasteiger partial charge is 0.251 e. The first-order chi connectivity index (χ1) is 14.7. The van der Waals surface area contributed by atoms with E-state index in [1.807, 2.05) is 0 Å². The maximum Gasteiger partial charge on any atom is 0.251 e. The summed E-state index contributed by atoms with van der Waals surface area (Å²) in [5, 5.41) is 2.96. The molecule has 0 saturated carbocycles. The molecule has 0 aromatic heterocycles. The van der Waals surface area contributed by atoms with E-state index in [9.17, 15) is 17.6 Å². The van der Waals surface area contributed by atoms with E-state index in [1.165, 1.54) is 16.4 Å². The first-order valence-electron chi connectivity index (χ1n) is 10.5. The molecule has 1 aliphatic heterocycles. The van der Waals surface area contributed by atoms with Crippen molar-refractivity contribution in [2.24, 2.45) is 5.92 Å². The molecule has 0 unspecified atom stereocenters. The van der Waals surface area contributed by atoms with E-state index in [-0.39, 0.29) is 18.3 Å². The summed E-state index contributed by atoms with van der Waals surface area (Å²) in [4.78, 5) is 14.8. The Kier molecular flexibility index (Phi) is 7.67. The highest BCUT2D eigenvalue weighted by atomic mass is 32.2. The van der Waals surface area contributed by atoms with E-state index < -0.39 is 10.0 Å². The highest BCUT2D eigenvalue weighted by Gasteiger charge is 2.19. The van der Waals surface area contributed by atoms with E-state index in [0.717, 1.165) is 38.6 Å². The van der Waals surface area contributed by atoms with Crippen LogP contribution in [0, 0.1) is 11.7 Å². The Balaban J connectivity index is 1.60. The van der Waals surface area contributed by atoms with Gasteiger partial charge in [0.25, 0.3) is 5.91 Å². The van der Waals surface area contributed by atoms with Crippen molar-refractivity contribution >= 4 is 21.6 Å². The average Bonchev–Trinajstić information content (AvgIpc) is 2.74. The van der Waals surface area contributed by atoms with Gasteiger partial charge in [0, 0.05) is 12.1 Å². The Hall–Kier alpha value is -2.45. The number of nitrogens with one attached hydrogen (secondary N) is 1. The highest BCUT2D eigenvalue weighted by Crippen LogP contribution is 2.22. The quantitative estimate of drug-likeness (QED) is 0.675. The normalized spacial score (nSPS) is 15.6. The molecule has 168 valence electrons. The Labute approximate surface area is 184 Å². The number of rotatable bonds is 8. The number of nitrogens with zero attached hydrogens (tertiary/aromatic N) is 2. The molecular formula is C23H30FN3O3S. The molecule has 1 fully saturated rings. The molecule has 1 N–H and O–H groups in total. The molecular weight excluding hydrogens is 417 g/mol. The molecule has 1 amide bonds. The molecule has 1 aliphatic rings. The van der Waals surface area contributed by atoms with Gasteiger partial charge in [0.05, 0.1) is 18.5 Å². The van der Waals surface area contributed by atoms with Gasteiger partial charge in [-0.3, -0.25) is 9.10 Å². The number of amides is 1. The van der Waals surface area contributed by atoms with Gasteiger partial charge in [-0.15, -0.1) is 0 Å². The second-order valence-electron chi connectivity index (χ2n) is 8.23. The molecule has 0 radical (unpaired) electrons. The van der Waals surface area contributed by atoms with Gasteiger partial charge in [-0.2, -0.15) is 0 Å². The third-order valence-corrected chi connectivity index (χ3v) is 6.87. The van der Waals surface area contributed by atoms with Crippen molar-refractivity contribution in [2.45, 2.75) is 25.8 Å². The molecule has 2 aromatic rings. The third-order valence-electron chi connectivity index (χ3n) is 5.73. The lowest BCUT2D eigenvalue weighted by Crippen LogP contribution is -2.32.